The first-order valence-electron chi connectivity index (χ1n) is 7.94. The van der Waals surface area contributed by atoms with Crippen molar-refractivity contribution in [2.24, 2.45) is 0 Å². The van der Waals surface area contributed by atoms with Gasteiger partial charge in [0.15, 0.2) is 6.61 Å². The maximum Gasteiger partial charge on any atom is 0.258 e. The zero-order valence-corrected chi connectivity index (χ0v) is 14.8. The first kappa shape index (κ1) is 18.2. The van der Waals surface area contributed by atoms with Crippen LogP contribution in [0.3, 0.4) is 0 Å². The first-order chi connectivity index (χ1) is 11.6. The van der Waals surface area contributed by atoms with Crippen LogP contribution in [-0.4, -0.2) is 28.7 Å². The number of carbonyl (C=O) groups excluding carboxylic acids is 1. The van der Waals surface area contributed by atoms with E-state index in [9.17, 15) is 9.00 Å². The quantitative estimate of drug-likeness (QED) is 0.800. The molecule has 128 valence electrons. The van der Waals surface area contributed by atoms with Crippen LogP contribution in [0.5, 0.6) is 5.75 Å². The number of amides is 1. The van der Waals surface area contributed by atoms with E-state index in [1.807, 2.05) is 54.6 Å². The van der Waals surface area contributed by atoms with E-state index in [-0.39, 0.29) is 18.6 Å². The number of carbonyl (C=O) groups is 1. The fraction of sp³-hybridized carbons (Fsp3) is 0.316. The zero-order chi connectivity index (χ0) is 17.4. The van der Waals surface area contributed by atoms with Crippen LogP contribution in [0.1, 0.15) is 24.1 Å². The van der Waals surface area contributed by atoms with E-state index in [1.54, 1.807) is 6.26 Å². The molecular formula is C19H23NO3S. The summed E-state index contributed by atoms with van der Waals surface area (Å²) in [7, 11) is -1.01. The molecule has 5 heteroatoms. The van der Waals surface area contributed by atoms with Gasteiger partial charge in [-0.25, -0.2) is 0 Å². The Balaban J connectivity index is 1.93. The molecule has 2 aromatic carbocycles. The fourth-order valence-electron chi connectivity index (χ4n) is 2.35. The molecule has 0 aromatic heterocycles. The Morgan fingerprint density at radius 3 is 2.38 bits per heavy atom. The van der Waals surface area contributed by atoms with Gasteiger partial charge in [-0.15, -0.1) is 0 Å². The lowest BCUT2D eigenvalue weighted by Gasteiger charge is -2.18. The van der Waals surface area contributed by atoms with Gasteiger partial charge in [0.2, 0.25) is 0 Å². The molecule has 24 heavy (non-hydrogen) atoms. The van der Waals surface area contributed by atoms with Crippen molar-refractivity contribution >= 4 is 16.7 Å². The number of hydrogen-bond donors (Lipinski definition) is 1. The molecule has 0 spiro atoms. The summed E-state index contributed by atoms with van der Waals surface area (Å²) in [6.07, 6.45) is 2.60. The molecule has 0 unspecified atom stereocenters. The molecule has 1 N–H and O–H groups in total. The molecule has 0 aliphatic heterocycles. The molecule has 2 atom stereocenters. The van der Waals surface area contributed by atoms with Gasteiger partial charge in [0.25, 0.3) is 5.91 Å². The summed E-state index contributed by atoms with van der Waals surface area (Å²) >= 11 is 0. The third-order valence-corrected chi connectivity index (χ3v) is 4.44. The molecule has 1 amide bonds. The Morgan fingerprint density at radius 2 is 1.79 bits per heavy atom. The molecule has 0 saturated heterocycles. The van der Waals surface area contributed by atoms with Gasteiger partial charge in [-0.2, -0.15) is 0 Å². The SMILES string of the molecule is CCc1ccc(OCC(=O)N[C@H](C[S@](C)=O)c2ccccc2)cc1. The molecule has 0 heterocycles. The topological polar surface area (TPSA) is 55.4 Å². The Hall–Kier alpha value is -2.14. The summed E-state index contributed by atoms with van der Waals surface area (Å²) in [5.41, 5.74) is 2.16. The van der Waals surface area contributed by atoms with Crippen LogP contribution in [0.4, 0.5) is 0 Å². The fourth-order valence-corrected chi connectivity index (χ4v) is 3.09. The van der Waals surface area contributed by atoms with Crippen LogP contribution in [0, 0.1) is 0 Å². The van der Waals surface area contributed by atoms with E-state index >= 15 is 0 Å². The average Bonchev–Trinajstić information content (AvgIpc) is 2.60. The molecule has 2 rings (SSSR count). The van der Waals surface area contributed by atoms with Gasteiger partial charge in [-0.3, -0.25) is 9.00 Å². The molecule has 2 aromatic rings. The van der Waals surface area contributed by atoms with Gasteiger partial charge in [0, 0.05) is 22.8 Å². The molecule has 0 bridgehead atoms. The maximum atomic E-state index is 12.2. The summed E-state index contributed by atoms with van der Waals surface area (Å²) in [6, 6.07) is 17.0. The smallest absolute Gasteiger partial charge is 0.258 e. The summed E-state index contributed by atoms with van der Waals surface area (Å²) in [5.74, 6) is 0.813. The Morgan fingerprint density at radius 1 is 1.12 bits per heavy atom. The Bertz CT molecular complexity index is 671. The highest BCUT2D eigenvalue weighted by atomic mass is 32.2. The molecule has 0 saturated carbocycles. The van der Waals surface area contributed by atoms with Gasteiger partial charge in [0.05, 0.1) is 6.04 Å². The predicted molar refractivity (Wildman–Crippen MR) is 97.6 cm³/mol. The van der Waals surface area contributed by atoms with Crippen molar-refractivity contribution in [1.82, 2.24) is 5.32 Å². The van der Waals surface area contributed by atoms with Crippen molar-refractivity contribution in [3.05, 3.63) is 65.7 Å². The minimum Gasteiger partial charge on any atom is -0.484 e. The van der Waals surface area contributed by atoms with Crippen molar-refractivity contribution in [2.75, 3.05) is 18.6 Å². The highest BCUT2D eigenvalue weighted by Crippen LogP contribution is 2.15. The summed E-state index contributed by atoms with van der Waals surface area (Å²) in [4.78, 5) is 12.2. The number of rotatable bonds is 8. The van der Waals surface area contributed by atoms with Gasteiger partial charge >= 0.3 is 0 Å². The standard InChI is InChI=1S/C19H23NO3S/c1-3-15-9-11-17(12-10-15)23-13-19(21)20-18(14-24(2)22)16-7-5-4-6-8-16/h4-12,18H,3,13-14H2,1-2H3,(H,20,21)/t18-,24+/m1/s1. The van der Waals surface area contributed by atoms with Gasteiger partial charge in [0.1, 0.15) is 5.75 Å². The van der Waals surface area contributed by atoms with Gasteiger partial charge < -0.3 is 10.1 Å². The van der Waals surface area contributed by atoms with Crippen molar-refractivity contribution in [1.29, 1.82) is 0 Å². The van der Waals surface area contributed by atoms with Crippen LogP contribution < -0.4 is 10.1 Å². The molecule has 0 fully saturated rings. The van der Waals surface area contributed by atoms with Crippen LogP contribution in [0.25, 0.3) is 0 Å². The van der Waals surface area contributed by atoms with Crippen molar-refractivity contribution in [2.45, 2.75) is 19.4 Å². The minimum absolute atomic E-state index is 0.0643. The lowest BCUT2D eigenvalue weighted by molar-refractivity contribution is -0.123. The highest BCUT2D eigenvalue weighted by molar-refractivity contribution is 7.84. The van der Waals surface area contributed by atoms with Crippen molar-refractivity contribution < 1.29 is 13.7 Å². The lowest BCUT2D eigenvalue weighted by atomic mass is 10.1. The average molecular weight is 345 g/mol. The Labute approximate surface area is 145 Å². The highest BCUT2D eigenvalue weighted by Gasteiger charge is 2.16. The second-order valence-corrected chi connectivity index (χ2v) is 7.04. The number of ether oxygens (including phenoxy) is 1. The van der Waals surface area contributed by atoms with Crippen LogP contribution in [-0.2, 0) is 22.0 Å². The van der Waals surface area contributed by atoms with E-state index in [1.165, 1.54) is 5.56 Å². The molecule has 0 aliphatic carbocycles. The van der Waals surface area contributed by atoms with E-state index in [0.717, 1.165) is 12.0 Å². The zero-order valence-electron chi connectivity index (χ0n) is 14.0. The van der Waals surface area contributed by atoms with E-state index in [4.69, 9.17) is 4.74 Å². The van der Waals surface area contributed by atoms with E-state index < -0.39 is 10.8 Å². The van der Waals surface area contributed by atoms with Crippen LogP contribution >= 0.6 is 0 Å². The van der Waals surface area contributed by atoms with E-state index in [0.29, 0.717) is 11.5 Å². The second kappa shape index (κ2) is 9.23. The molecular weight excluding hydrogens is 322 g/mol. The lowest BCUT2D eigenvalue weighted by Crippen LogP contribution is -2.35. The predicted octanol–water partition coefficient (Wildman–Crippen LogP) is 2.86. The van der Waals surface area contributed by atoms with Crippen molar-refractivity contribution in [3.8, 4) is 5.75 Å². The van der Waals surface area contributed by atoms with Gasteiger partial charge in [-0.05, 0) is 29.7 Å². The molecule has 4 nitrogen and oxygen atoms in total. The van der Waals surface area contributed by atoms with Crippen LogP contribution in [0.15, 0.2) is 54.6 Å². The number of aryl methyl sites for hydroxylation is 1. The third-order valence-electron chi connectivity index (χ3n) is 3.64. The maximum absolute atomic E-state index is 12.2. The monoisotopic (exact) mass is 345 g/mol. The number of hydrogen-bond acceptors (Lipinski definition) is 3. The minimum atomic E-state index is -1.01. The largest absolute Gasteiger partial charge is 0.484 e. The molecule has 0 aliphatic rings. The Kier molecular flexibility index (Phi) is 7.00. The first-order valence-corrected chi connectivity index (χ1v) is 9.67. The second-order valence-electron chi connectivity index (χ2n) is 5.56. The number of nitrogens with one attached hydrogen (secondary N) is 1. The summed E-state index contributed by atoms with van der Waals surface area (Å²) in [6.45, 7) is 2.02. The normalized spacial score (nSPS) is 13.1. The third kappa shape index (κ3) is 5.81. The van der Waals surface area contributed by atoms with E-state index in [2.05, 4.69) is 12.2 Å². The van der Waals surface area contributed by atoms with Crippen molar-refractivity contribution in [3.63, 3.8) is 0 Å². The van der Waals surface area contributed by atoms with Crippen LogP contribution in [0.2, 0.25) is 0 Å². The summed E-state index contributed by atoms with van der Waals surface area (Å²) < 4.78 is 17.1. The molecule has 0 radical (unpaired) electrons. The number of benzene rings is 2. The summed E-state index contributed by atoms with van der Waals surface area (Å²) in [5, 5.41) is 2.90. The van der Waals surface area contributed by atoms with Gasteiger partial charge in [-0.1, -0.05) is 49.4 Å².